The van der Waals surface area contributed by atoms with Crippen LogP contribution in [0.15, 0.2) is 11.8 Å². The summed E-state index contributed by atoms with van der Waals surface area (Å²) >= 11 is 0. The maximum Gasteiger partial charge on any atom is 0.408 e. The van der Waals surface area contributed by atoms with E-state index < -0.39 is 102 Å². The topological polar surface area (TPSA) is 211 Å². The Morgan fingerprint density at radius 2 is 1.50 bits per heavy atom. The monoisotopic (exact) mass is 629 g/mol. The Morgan fingerprint density at radius 1 is 0.909 bits per heavy atom. The number of carbonyl (C=O) groups is 7. The second kappa shape index (κ2) is 16.5. The van der Waals surface area contributed by atoms with Crippen LogP contribution in [0.3, 0.4) is 0 Å². The first kappa shape index (κ1) is 37.7. The van der Waals surface area contributed by atoms with Crippen LogP contribution in [-0.2, 0) is 57.2 Å². The molecule has 0 radical (unpaired) electrons. The number of hydrogen-bond donors (Lipinski definition) is 3. The molecule has 0 fully saturated rings. The number of ether oxygens (including phenoxy) is 6. The van der Waals surface area contributed by atoms with E-state index in [0.29, 0.717) is 0 Å². The third-order valence-electron chi connectivity index (χ3n) is 5.78. The standard InChI is InChI=1S/C28H43N3O13/c1-13(2)21(31-27(38)44-28(7,8)9)25(36)30-18-11-19(26(37)39-10)43-24(22(18)29-14(3)32)23(42-17(6)35)20(41-16(5)34)12-40-15(4)33/h11,13,18,20-24H,12H2,1-10H3,(H,29,32)(H,30,36)(H,31,38)/t18-,20+,21-,22+,23+,24+/m0/s1. The number of esters is 4. The van der Waals surface area contributed by atoms with Crippen LogP contribution in [0.1, 0.15) is 62.3 Å². The maximum atomic E-state index is 13.5. The van der Waals surface area contributed by atoms with Crippen LogP contribution in [0.4, 0.5) is 4.79 Å². The molecule has 16 nitrogen and oxygen atoms in total. The van der Waals surface area contributed by atoms with Gasteiger partial charge in [-0.05, 0) is 32.8 Å². The lowest BCUT2D eigenvalue weighted by Crippen LogP contribution is -2.66. The summed E-state index contributed by atoms with van der Waals surface area (Å²) in [6.07, 6.45) is -4.29. The third kappa shape index (κ3) is 12.5. The zero-order valence-electron chi connectivity index (χ0n) is 26.6. The molecule has 0 aliphatic carbocycles. The molecule has 1 heterocycles. The van der Waals surface area contributed by atoms with Crippen molar-refractivity contribution in [1.82, 2.24) is 16.0 Å². The molecule has 0 unspecified atom stereocenters. The highest BCUT2D eigenvalue weighted by atomic mass is 16.6. The molecular weight excluding hydrogens is 586 g/mol. The minimum atomic E-state index is -1.60. The van der Waals surface area contributed by atoms with Gasteiger partial charge in [-0.2, -0.15) is 0 Å². The Balaban J connectivity index is 3.68. The molecule has 0 saturated carbocycles. The summed E-state index contributed by atoms with van der Waals surface area (Å²) in [6, 6.07) is -3.66. The predicted molar refractivity (Wildman–Crippen MR) is 150 cm³/mol. The molecule has 0 aromatic carbocycles. The maximum absolute atomic E-state index is 13.5. The van der Waals surface area contributed by atoms with Gasteiger partial charge in [0.05, 0.1) is 19.2 Å². The van der Waals surface area contributed by atoms with E-state index in [1.54, 1.807) is 34.6 Å². The van der Waals surface area contributed by atoms with Crippen LogP contribution < -0.4 is 16.0 Å². The van der Waals surface area contributed by atoms with Gasteiger partial charge < -0.3 is 44.4 Å². The summed E-state index contributed by atoms with van der Waals surface area (Å²) in [5, 5.41) is 7.79. The zero-order valence-corrected chi connectivity index (χ0v) is 26.6. The highest BCUT2D eigenvalue weighted by Crippen LogP contribution is 2.27. The Morgan fingerprint density at radius 3 is 1.95 bits per heavy atom. The minimum absolute atomic E-state index is 0.447. The number of amides is 3. The molecule has 3 N–H and O–H groups in total. The second-order valence-corrected chi connectivity index (χ2v) is 11.3. The average Bonchev–Trinajstić information content (AvgIpc) is 2.86. The average molecular weight is 630 g/mol. The Labute approximate surface area is 255 Å². The fraction of sp³-hybridized carbons (Fsp3) is 0.679. The molecule has 1 rings (SSSR count). The molecule has 0 spiro atoms. The van der Waals surface area contributed by atoms with Gasteiger partial charge >= 0.3 is 30.0 Å². The van der Waals surface area contributed by atoms with Crippen LogP contribution in [-0.4, -0.2) is 97.5 Å². The highest BCUT2D eigenvalue weighted by Gasteiger charge is 2.48. The van der Waals surface area contributed by atoms with Crippen LogP contribution in [0.5, 0.6) is 0 Å². The predicted octanol–water partition coefficient (Wildman–Crippen LogP) is 0.407. The van der Waals surface area contributed by atoms with E-state index in [0.717, 1.165) is 27.9 Å². The lowest BCUT2D eigenvalue weighted by Gasteiger charge is -2.42. The summed E-state index contributed by atoms with van der Waals surface area (Å²) in [7, 11) is 1.07. The van der Waals surface area contributed by atoms with Gasteiger partial charge in [0.15, 0.2) is 18.3 Å². The van der Waals surface area contributed by atoms with Gasteiger partial charge in [0.2, 0.25) is 17.6 Å². The number of methoxy groups -OCH3 is 1. The van der Waals surface area contributed by atoms with Gasteiger partial charge in [0.25, 0.3) is 0 Å². The van der Waals surface area contributed by atoms with Gasteiger partial charge in [-0.15, -0.1) is 0 Å². The molecule has 44 heavy (non-hydrogen) atoms. The number of nitrogens with one attached hydrogen (secondary N) is 3. The van der Waals surface area contributed by atoms with E-state index >= 15 is 0 Å². The quantitative estimate of drug-likeness (QED) is 0.197. The number of alkyl carbamates (subject to hydrolysis) is 1. The SMILES string of the molecule is COC(=O)C1=C[C@H](NC(=O)[C@@H](NC(=O)OC(C)(C)C)C(C)C)[C@@H](NC(C)=O)[C@H]([C@H](OC(C)=O)[C@@H](COC(C)=O)OC(C)=O)O1. The number of hydrogen-bond acceptors (Lipinski definition) is 13. The molecule has 0 bridgehead atoms. The summed E-state index contributed by atoms with van der Waals surface area (Å²) in [5.74, 6) is -5.70. The summed E-state index contributed by atoms with van der Waals surface area (Å²) in [4.78, 5) is 86.8. The molecule has 16 heteroatoms. The lowest BCUT2D eigenvalue weighted by molar-refractivity contribution is -0.188. The van der Waals surface area contributed by atoms with E-state index in [9.17, 15) is 33.6 Å². The van der Waals surface area contributed by atoms with Gasteiger partial charge in [0.1, 0.15) is 18.2 Å². The van der Waals surface area contributed by atoms with Gasteiger partial charge in [-0.3, -0.25) is 24.0 Å². The van der Waals surface area contributed by atoms with Crippen molar-refractivity contribution in [3.05, 3.63) is 11.8 Å². The van der Waals surface area contributed by atoms with Gasteiger partial charge in [-0.1, -0.05) is 13.8 Å². The van der Waals surface area contributed by atoms with E-state index in [1.807, 2.05) is 0 Å². The van der Waals surface area contributed by atoms with E-state index in [1.165, 1.54) is 13.0 Å². The Hall–Kier alpha value is -4.37. The summed E-state index contributed by atoms with van der Waals surface area (Å²) < 4.78 is 31.7. The van der Waals surface area contributed by atoms with Crippen molar-refractivity contribution in [2.75, 3.05) is 13.7 Å². The zero-order chi connectivity index (χ0) is 33.9. The van der Waals surface area contributed by atoms with Crippen LogP contribution in [0.25, 0.3) is 0 Å². The fourth-order valence-electron chi connectivity index (χ4n) is 4.13. The van der Waals surface area contributed by atoms with Crippen molar-refractivity contribution in [1.29, 1.82) is 0 Å². The Bertz CT molecular complexity index is 1130. The first-order valence-electron chi connectivity index (χ1n) is 13.8. The van der Waals surface area contributed by atoms with Crippen LogP contribution in [0, 0.1) is 5.92 Å². The van der Waals surface area contributed by atoms with Crippen molar-refractivity contribution >= 4 is 41.8 Å². The van der Waals surface area contributed by atoms with Crippen molar-refractivity contribution < 1.29 is 62.0 Å². The van der Waals surface area contributed by atoms with E-state index in [2.05, 4.69) is 16.0 Å². The van der Waals surface area contributed by atoms with E-state index in [-0.39, 0.29) is 0 Å². The molecule has 1 aliphatic heterocycles. The summed E-state index contributed by atoms with van der Waals surface area (Å²) in [6.45, 7) is 12.1. The molecule has 3 amide bonds. The highest BCUT2D eigenvalue weighted by molar-refractivity contribution is 5.88. The van der Waals surface area contributed by atoms with E-state index in [4.69, 9.17) is 28.4 Å². The third-order valence-corrected chi connectivity index (χ3v) is 5.78. The first-order valence-corrected chi connectivity index (χ1v) is 13.8. The molecule has 0 aromatic rings. The molecular formula is C28H43N3O13. The smallest absolute Gasteiger partial charge is 0.408 e. The molecule has 6 atom stereocenters. The van der Waals surface area contributed by atoms with Crippen molar-refractivity contribution in [3.63, 3.8) is 0 Å². The molecule has 0 saturated heterocycles. The normalized spacial score (nSPS) is 19.9. The van der Waals surface area contributed by atoms with Crippen molar-refractivity contribution in [2.24, 2.45) is 5.92 Å². The molecule has 248 valence electrons. The van der Waals surface area contributed by atoms with Crippen molar-refractivity contribution in [2.45, 2.75) is 104 Å². The van der Waals surface area contributed by atoms with Gasteiger partial charge in [0, 0.05) is 27.7 Å². The Kier molecular flexibility index (Phi) is 14.1. The largest absolute Gasteiger partial charge is 0.477 e. The number of rotatable bonds is 12. The number of carbonyl (C=O) groups excluding carboxylic acids is 7. The lowest BCUT2D eigenvalue weighted by atomic mass is 9.91. The van der Waals surface area contributed by atoms with Crippen LogP contribution >= 0.6 is 0 Å². The van der Waals surface area contributed by atoms with Crippen LogP contribution in [0.2, 0.25) is 0 Å². The van der Waals surface area contributed by atoms with Gasteiger partial charge in [-0.25, -0.2) is 9.59 Å². The molecule has 1 aliphatic rings. The summed E-state index contributed by atoms with van der Waals surface area (Å²) in [5.41, 5.74) is -0.846. The van der Waals surface area contributed by atoms with Crippen molar-refractivity contribution in [3.8, 4) is 0 Å². The minimum Gasteiger partial charge on any atom is -0.477 e. The second-order valence-electron chi connectivity index (χ2n) is 11.3. The molecule has 0 aromatic heterocycles. The fourth-order valence-corrected chi connectivity index (χ4v) is 4.13. The first-order chi connectivity index (χ1) is 20.2.